The van der Waals surface area contributed by atoms with Gasteiger partial charge in [-0.25, -0.2) is 13.4 Å². The number of hydrogen-bond donors (Lipinski definition) is 0. The fourth-order valence-corrected chi connectivity index (χ4v) is 1.78. The van der Waals surface area contributed by atoms with Gasteiger partial charge < -0.3 is 4.55 Å². The predicted molar refractivity (Wildman–Crippen MR) is 77.6 cm³/mol. The topological polar surface area (TPSA) is 71.3 Å². The van der Waals surface area contributed by atoms with E-state index in [1.807, 2.05) is 30.6 Å². The second kappa shape index (κ2) is 7.37. The minimum Gasteiger partial charge on any atom is -0.744 e. The number of aromatic amines is 1. The van der Waals surface area contributed by atoms with E-state index >= 15 is 0 Å². The maximum absolute atomic E-state index is 10.5. The minimum atomic E-state index is -4.31. The molecule has 0 bridgehead atoms. The van der Waals surface area contributed by atoms with Gasteiger partial charge in [0.1, 0.15) is 10.1 Å². The molecule has 1 aromatic heterocycles. The van der Waals surface area contributed by atoms with E-state index in [1.54, 1.807) is 6.08 Å². The quantitative estimate of drug-likeness (QED) is 0.814. The van der Waals surface area contributed by atoms with E-state index in [2.05, 4.69) is 18.1 Å². The van der Waals surface area contributed by atoms with Gasteiger partial charge in [-0.05, 0) is 23.3 Å². The zero-order valence-electron chi connectivity index (χ0n) is 10.8. The van der Waals surface area contributed by atoms with Crippen molar-refractivity contribution in [3.63, 3.8) is 0 Å². The first kappa shape index (κ1) is 15.8. The summed E-state index contributed by atoms with van der Waals surface area (Å²) in [6, 6.07) is 9.51. The summed E-state index contributed by atoms with van der Waals surface area (Å²) in [6.45, 7) is 7.11. The summed E-state index contributed by atoms with van der Waals surface area (Å²) in [7, 11) is -4.31. The van der Waals surface area contributed by atoms with Gasteiger partial charge in [0.2, 0.25) is 0 Å². The van der Waals surface area contributed by atoms with E-state index in [0.717, 1.165) is 11.1 Å². The molecule has 0 saturated carbocycles. The molecule has 20 heavy (non-hydrogen) atoms. The Morgan fingerprint density at radius 1 is 0.900 bits per heavy atom. The predicted octanol–water partition coefficient (Wildman–Crippen LogP) is 2.38. The summed E-state index contributed by atoms with van der Waals surface area (Å²) >= 11 is 0. The van der Waals surface area contributed by atoms with Gasteiger partial charge in [0.05, 0.1) is 4.90 Å². The van der Waals surface area contributed by atoms with E-state index in [9.17, 15) is 13.0 Å². The van der Waals surface area contributed by atoms with Crippen LogP contribution in [0, 0.1) is 0 Å². The van der Waals surface area contributed by atoms with Crippen molar-refractivity contribution >= 4 is 22.3 Å². The van der Waals surface area contributed by atoms with Gasteiger partial charge in [0, 0.05) is 12.1 Å². The van der Waals surface area contributed by atoms with E-state index < -0.39 is 10.1 Å². The standard InChI is InChI=1S/C8H8O3S.C7H7N/c1-2-7-3-5-8(6-4-7)12(9,10)11;1-2-7-3-5-8-6-4-7/h2-6H,1H2,(H,9,10,11);2-6H,1H2. The number of benzene rings is 1. The molecule has 1 aromatic carbocycles. The summed E-state index contributed by atoms with van der Waals surface area (Å²) in [5, 5.41) is 0. The van der Waals surface area contributed by atoms with Crippen molar-refractivity contribution in [2.45, 2.75) is 4.90 Å². The third-order valence-corrected chi connectivity index (χ3v) is 3.23. The summed E-state index contributed by atoms with van der Waals surface area (Å²) in [5.41, 5.74) is 1.92. The molecule has 0 aliphatic rings. The van der Waals surface area contributed by atoms with Crippen LogP contribution in [0.4, 0.5) is 0 Å². The minimum absolute atomic E-state index is 0.215. The van der Waals surface area contributed by atoms with Crippen LogP contribution in [-0.2, 0) is 10.1 Å². The molecule has 2 aromatic rings. The Morgan fingerprint density at radius 2 is 1.35 bits per heavy atom. The Balaban J connectivity index is 0.000000217. The fourth-order valence-electron chi connectivity index (χ4n) is 1.31. The third-order valence-electron chi connectivity index (χ3n) is 2.38. The second-order valence-corrected chi connectivity index (χ2v) is 5.14. The van der Waals surface area contributed by atoms with Gasteiger partial charge in [-0.2, -0.15) is 0 Å². The van der Waals surface area contributed by atoms with Crippen LogP contribution in [0.15, 0.2) is 66.8 Å². The Labute approximate surface area is 118 Å². The van der Waals surface area contributed by atoms with Crippen LogP contribution >= 0.6 is 0 Å². The van der Waals surface area contributed by atoms with Crippen LogP contribution in [0.2, 0.25) is 0 Å². The third kappa shape index (κ3) is 5.17. The number of H-pyrrole nitrogens is 1. The monoisotopic (exact) mass is 289 g/mol. The number of nitrogens with one attached hydrogen (secondary N) is 1. The van der Waals surface area contributed by atoms with Gasteiger partial charge in [-0.1, -0.05) is 37.4 Å². The summed E-state index contributed by atoms with van der Waals surface area (Å²) in [6.07, 6.45) is 7.13. The van der Waals surface area contributed by atoms with Crippen molar-refractivity contribution in [1.82, 2.24) is 0 Å². The number of aromatic nitrogens is 1. The largest absolute Gasteiger partial charge is 0.744 e. The highest BCUT2D eigenvalue weighted by atomic mass is 32.2. The van der Waals surface area contributed by atoms with Crippen LogP contribution in [-0.4, -0.2) is 13.0 Å². The lowest BCUT2D eigenvalue weighted by Crippen LogP contribution is -1.97. The highest BCUT2D eigenvalue weighted by Crippen LogP contribution is 2.10. The van der Waals surface area contributed by atoms with Crippen molar-refractivity contribution < 1.29 is 18.0 Å². The van der Waals surface area contributed by atoms with E-state index in [0.29, 0.717) is 0 Å². The van der Waals surface area contributed by atoms with Crippen molar-refractivity contribution in [2.24, 2.45) is 0 Å². The van der Waals surface area contributed by atoms with Gasteiger partial charge in [0.25, 0.3) is 0 Å². The highest BCUT2D eigenvalue weighted by Gasteiger charge is 1.98. The van der Waals surface area contributed by atoms with Gasteiger partial charge >= 0.3 is 0 Å². The first-order valence-corrected chi connectivity index (χ1v) is 7.15. The first-order valence-electron chi connectivity index (χ1n) is 5.74. The van der Waals surface area contributed by atoms with Crippen LogP contribution in [0.5, 0.6) is 0 Å². The van der Waals surface area contributed by atoms with Gasteiger partial charge in [-0.3, -0.25) is 0 Å². The molecule has 104 valence electrons. The lowest BCUT2D eigenvalue weighted by atomic mass is 10.2. The van der Waals surface area contributed by atoms with E-state index in [1.165, 1.54) is 24.3 Å². The number of rotatable bonds is 3. The molecule has 0 atom stereocenters. The molecule has 0 amide bonds. The Bertz CT molecular complexity index is 662. The Hall–Kier alpha value is -2.24. The molecular weight excluding hydrogens is 274 g/mol. The molecule has 1 N–H and O–H groups in total. The molecule has 0 saturated heterocycles. The molecule has 0 spiro atoms. The second-order valence-electron chi connectivity index (χ2n) is 3.76. The molecule has 0 unspecified atom stereocenters. The smallest absolute Gasteiger partial charge is 0.167 e. The molecule has 5 heteroatoms. The summed E-state index contributed by atoms with van der Waals surface area (Å²) in [4.78, 5) is 2.70. The molecule has 0 aliphatic carbocycles. The molecule has 4 nitrogen and oxygen atoms in total. The Morgan fingerprint density at radius 3 is 1.70 bits per heavy atom. The van der Waals surface area contributed by atoms with E-state index in [4.69, 9.17) is 0 Å². The maximum atomic E-state index is 10.5. The van der Waals surface area contributed by atoms with Crippen LogP contribution in [0.25, 0.3) is 12.2 Å². The van der Waals surface area contributed by atoms with Crippen molar-refractivity contribution in [2.75, 3.05) is 0 Å². The van der Waals surface area contributed by atoms with Crippen molar-refractivity contribution in [3.8, 4) is 0 Å². The molecular formula is C15H15NO3S. The zero-order valence-corrected chi connectivity index (χ0v) is 11.6. The van der Waals surface area contributed by atoms with Gasteiger partial charge in [-0.15, -0.1) is 0 Å². The maximum Gasteiger partial charge on any atom is 0.167 e. The average Bonchev–Trinajstić information content (AvgIpc) is 2.48. The van der Waals surface area contributed by atoms with E-state index in [-0.39, 0.29) is 4.90 Å². The van der Waals surface area contributed by atoms with Crippen LogP contribution in [0.3, 0.4) is 0 Å². The van der Waals surface area contributed by atoms with Crippen molar-refractivity contribution in [3.05, 3.63) is 73.1 Å². The van der Waals surface area contributed by atoms with Crippen LogP contribution < -0.4 is 4.98 Å². The zero-order chi connectivity index (χ0) is 15.0. The number of pyridine rings is 1. The first-order chi connectivity index (χ1) is 9.47. The normalized spacial score (nSPS) is 10.1. The molecule has 2 rings (SSSR count). The lowest BCUT2D eigenvalue weighted by Gasteiger charge is -2.05. The van der Waals surface area contributed by atoms with Gasteiger partial charge in [0.15, 0.2) is 12.4 Å². The molecule has 0 fully saturated rings. The molecule has 0 aliphatic heterocycles. The summed E-state index contributed by atoms with van der Waals surface area (Å²) in [5.74, 6) is 0. The van der Waals surface area contributed by atoms with Crippen LogP contribution in [0.1, 0.15) is 11.1 Å². The average molecular weight is 289 g/mol. The lowest BCUT2D eigenvalue weighted by molar-refractivity contribution is -0.378. The highest BCUT2D eigenvalue weighted by molar-refractivity contribution is 7.85. The summed E-state index contributed by atoms with van der Waals surface area (Å²) < 4.78 is 31.4. The SMILES string of the molecule is C=Cc1cc[nH+]cc1.C=Cc1ccc(S(=O)(=O)[O-])cc1. The Kier molecular flexibility index (Phi) is 5.83. The molecule has 0 radical (unpaired) electrons. The number of hydrogen-bond acceptors (Lipinski definition) is 3. The molecule has 1 heterocycles. The van der Waals surface area contributed by atoms with Crippen molar-refractivity contribution in [1.29, 1.82) is 0 Å². The fraction of sp³-hybridized carbons (Fsp3) is 0.